The number of halogens is 1. The first-order chi connectivity index (χ1) is 12.4. The maximum atomic E-state index is 12.9. The van der Waals surface area contributed by atoms with Crippen molar-refractivity contribution in [2.75, 3.05) is 25.5 Å². The summed E-state index contributed by atoms with van der Waals surface area (Å²) in [5.41, 5.74) is 2.68. The summed E-state index contributed by atoms with van der Waals surface area (Å²) < 4.78 is 0. The number of hydrogen-bond donors (Lipinski definition) is 1. The fourth-order valence-electron chi connectivity index (χ4n) is 4.39. The van der Waals surface area contributed by atoms with Crippen molar-refractivity contribution in [1.29, 1.82) is 0 Å². The van der Waals surface area contributed by atoms with Crippen LogP contribution in [0.4, 0.5) is 0 Å². The molecule has 1 fully saturated rings. The Balaban J connectivity index is 1.51. The molecule has 5 heteroatoms. The Bertz CT molecular complexity index is 641. The monoisotopic (exact) mass is 376 g/mol. The van der Waals surface area contributed by atoms with Crippen molar-refractivity contribution in [2.45, 2.75) is 39.5 Å². The van der Waals surface area contributed by atoms with Crippen LogP contribution in [0.5, 0.6) is 0 Å². The topological polar surface area (TPSA) is 49.4 Å². The van der Waals surface area contributed by atoms with Crippen LogP contribution >= 0.6 is 11.6 Å². The molecule has 0 saturated carbocycles. The third-order valence-corrected chi connectivity index (χ3v) is 6.42. The van der Waals surface area contributed by atoms with Gasteiger partial charge in [0.05, 0.1) is 0 Å². The lowest BCUT2D eigenvalue weighted by Gasteiger charge is -2.41. The molecule has 0 radical (unpaired) electrons. The standard InChI is InChI=1S/C21H29ClN2O2/c1-21(2,14-23-19(25)13-22)18-7-9-24(10-8-18)20(26)17-11-15-5-3-4-6-16(15)12-17/h3-6,17-18H,7-14H2,1-2H3,(H,23,25). The fraction of sp³-hybridized carbons (Fsp3) is 0.619. The first kappa shape index (κ1) is 19.2. The van der Waals surface area contributed by atoms with Crippen LogP contribution < -0.4 is 5.32 Å². The van der Waals surface area contributed by atoms with Crippen molar-refractivity contribution < 1.29 is 9.59 Å². The molecule has 1 aliphatic carbocycles. The highest BCUT2D eigenvalue weighted by atomic mass is 35.5. The largest absolute Gasteiger partial charge is 0.355 e. The second-order valence-corrected chi connectivity index (χ2v) is 8.64. The predicted molar refractivity (Wildman–Crippen MR) is 104 cm³/mol. The zero-order chi connectivity index (χ0) is 18.7. The molecule has 2 amide bonds. The van der Waals surface area contributed by atoms with Gasteiger partial charge >= 0.3 is 0 Å². The lowest BCUT2D eigenvalue weighted by Crippen LogP contribution is -2.47. The minimum atomic E-state index is -0.117. The van der Waals surface area contributed by atoms with Crippen LogP contribution in [-0.4, -0.2) is 42.2 Å². The zero-order valence-electron chi connectivity index (χ0n) is 15.8. The number of carbonyl (C=O) groups excluding carboxylic acids is 2. The second kappa shape index (κ2) is 7.99. The molecular weight excluding hydrogens is 348 g/mol. The quantitative estimate of drug-likeness (QED) is 0.803. The predicted octanol–water partition coefficient (Wildman–Crippen LogP) is 3.02. The number of fused-ring (bicyclic) bond motifs is 1. The van der Waals surface area contributed by atoms with E-state index in [0.29, 0.717) is 18.4 Å². The number of benzene rings is 1. The molecule has 1 heterocycles. The van der Waals surface area contributed by atoms with Crippen molar-refractivity contribution in [3.05, 3.63) is 35.4 Å². The number of nitrogens with one attached hydrogen (secondary N) is 1. The Hall–Kier alpha value is -1.55. The summed E-state index contributed by atoms with van der Waals surface area (Å²) in [5, 5.41) is 2.91. The molecule has 1 aromatic rings. The molecule has 1 aromatic carbocycles. The van der Waals surface area contributed by atoms with Crippen molar-refractivity contribution in [3.63, 3.8) is 0 Å². The van der Waals surface area contributed by atoms with Gasteiger partial charge in [-0.15, -0.1) is 11.6 Å². The third-order valence-electron chi connectivity index (χ3n) is 6.17. The second-order valence-electron chi connectivity index (χ2n) is 8.37. The number of carbonyl (C=O) groups is 2. The van der Waals surface area contributed by atoms with Crippen LogP contribution in [0.3, 0.4) is 0 Å². The average molecular weight is 377 g/mol. The first-order valence-electron chi connectivity index (χ1n) is 9.59. The van der Waals surface area contributed by atoms with Gasteiger partial charge in [-0.1, -0.05) is 38.1 Å². The van der Waals surface area contributed by atoms with E-state index < -0.39 is 0 Å². The van der Waals surface area contributed by atoms with Crippen LogP contribution in [0.2, 0.25) is 0 Å². The Labute approximate surface area is 161 Å². The lowest BCUT2D eigenvalue weighted by atomic mass is 9.73. The minimum Gasteiger partial charge on any atom is -0.355 e. The third kappa shape index (κ3) is 4.22. The highest BCUT2D eigenvalue weighted by Crippen LogP contribution is 2.36. The lowest BCUT2D eigenvalue weighted by molar-refractivity contribution is -0.137. The van der Waals surface area contributed by atoms with E-state index in [0.717, 1.165) is 38.8 Å². The summed E-state index contributed by atoms with van der Waals surface area (Å²) in [7, 11) is 0. The Kier molecular flexibility index (Phi) is 5.91. The van der Waals surface area contributed by atoms with Gasteiger partial charge in [-0.2, -0.15) is 0 Å². The van der Waals surface area contributed by atoms with E-state index in [1.807, 2.05) is 0 Å². The van der Waals surface area contributed by atoms with Crippen LogP contribution in [0.1, 0.15) is 37.8 Å². The van der Waals surface area contributed by atoms with Crippen molar-refractivity contribution >= 4 is 23.4 Å². The Morgan fingerprint density at radius 3 is 2.27 bits per heavy atom. The molecule has 0 bridgehead atoms. The van der Waals surface area contributed by atoms with E-state index in [2.05, 4.69) is 48.3 Å². The maximum absolute atomic E-state index is 12.9. The molecule has 3 rings (SSSR count). The van der Waals surface area contributed by atoms with Crippen molar-refractivity contribution in [2.24, 2.45) is 17.3 Å². The average Bonchev–Trinajstić information content (AvgIpc) is 3.10. The van der Waals surface area contributed by atoms with Gasteiger partial charge in [-0.25, -0.2) is 0 Å². The Morgan fingerprint density at radius 1 is 1.15 bits per heavy atom. The molecule has 4 nitrogen and oxygen atoms in total. The highest BCUT2D eigenvalue weighted by Gasteiger charge is 2.36. The first-order valence-corrected chi connectivity index (χ1v) is 10.1. The van der Waals surface area contributed by atoms with Gasteiger partial charge in [0.2, 0.25) is 11.8 Å². The van der Waals surface area contributed by atoms with Crippen molar-refractivity contribution in [1.82, 2.24) is 10.2 Å². The minimum absolute atomic E-state index is 0.00675. The SMILES string of the molecule is CC(C)(CNC(=O)CCl)C1CCN(C(=O)C2Cc3ccccc3C2)CC1. The van der Waals surface area contributed by atoms with Crippen molar-refractivity contribution in [3.8, 4) is 0 Å². The van der Waals surface area contributed by atoms with Gasteiger partial charge in [0.1, 0.15) is 5.88 Å². The van der Waals surface area contributed by atoms with Crippen LogP contribution in [0.25, 0.3) is 0 Å². The van der Waals surface area contributed by atoms with E-state index in [4.69, 9.17) is 11.6 Å². The number of nitrogens with zero attached hydrogens (tertiary/aromatic N) is 1. The molecule has 0 spiro atoms. The van der Waals surface area contributed by atoms with Crippen LogP contribution in [0.15, 0.2) is 24.3 Å². The van der Waals surface area contributed by atoms with Gasteiger partial charge < -0.3 is 10.2 Å². The van der Waals surface area contributed by atoms with E-state index >= 15 is 0 Å². The Morgan fingerprint density at radius 2 is 1.73 bits per heavy atom. The van der Waals surface area contributed by atoms with Gasteiger partial charge in [0, 0.05) is 25.6 Å². The molecule has 2 aliphatic rings. The molecule has 1 aliphatic heterocycles. The summed E-state index contributed by atoms with van der Waals surface area (Å²) in [5.74, 6) is 0.816. The smallest absolute Gasteiger partial charge is 0.234 e. The van der Waals surface area contributed by atoms with E-state index in [1.54, 1.807) is 0 Å². The van der Waals surface area contributed by atoms with E-state index in [-0.39, 0.29) is 23.1 Å². The molecule has 1 saturated heterocycles. The van der Waals surface area contributed by atoms with Gasteiger partial charge in [0.25, 0.3) is 0 Å². The molecular formula is C21H29ClN2O2. The summed E-state index contributed by atoms with van der Waals surface area (Å²) in [4.78, 5) is 26.4. The summed E-state index contributed by atoms with van der Waals surface area (Å²) >= 11 is 5.56. The maximum Gasteiger partial charge on any atom is 0.234 e. The van der Waals surface area contributed by atoms with Gasteiger partial charge in [-0.3, -0.25) is 9.59 Å². The molecule has 142 valence electrons. The molecule has 26 heavy (non-hydrogen) atoms. The molecule has 0 atom stereocenters. The fourth-order valence-corrected chi connectivity index (χ4v) is 4.49. The molecule has 0 unspecified atom stereocenters. The zero-order valence-corrected chi connectivity index (χ0v) is 16.5. The van der Waals surface area contributed by atoms with E-state index in [9.17, 15) is 9.59 Å². The van der Waals surface area contributed by atoms with Gasteiger partial charge in [0.15, 0.2) is 0 Å². The number of hydrogen-bond acceptors (Lipinski definition) is 2. The van der Waals surface area contributed by atoms with Crippen LogP contribution in [0, 0.1) is 17.3 Å². The van der Waals surface area contributed by atoms with E-state index in [1.165, 1.54) is 11.1 Å². The number of rotatable bonds is 5. The molecule has 0 aromatic heterocycles. The number of piperidine rings is 1. The normalized spacial score (nSPS) is 18.7. The molecule has 1 N–H and O–H groups in total. The summed E-state index contributed by atoms with van der Waals surface area (Å²) in [6, 6.07) is 8.41. The van der Waals surface area contributed by atoms with Gasteiger partial charge in [-0.05, 0) is 48.1 Å². The number of alkyl halides is 1. The number of amides is 2. The number of likely N-dealkylation sites (tertiary alicyclic amines) is 1. The summed E-state index contributed by atoms with van der Waals surface area (Å²) in [6.45, 7) is 6.66. The summed E-state index contributed by atoms with van der Waals surface area (Å²) in [6.07, 6.45) is 3.75. The van der Waals surface area contributed by atoms with Crippen LogP contribution in [-0.2, 0) is 22.4 Å². The highest BCUT2D eigenvalue weighted by molar-refractivity contribution is 6.27.